The fourth-order valence-corrected chi connectivity index (χ4v) is 3.49. The Labute approximate surface area is 149 Å². The van der Waals surface area contributed by atoms with Gasteiger partial charge in [0.05, 0.1) is 0 Å². The summed E-state index contributed by atoms with van der Waals surface area (Å²) in [6.45, 7) is 1.01. The number of Topliss-reactive ketones (excluding diaryl/α,β-unsaturated/α-hetero) is 1. The first-order valence-electron chi connectivity index (χ1n) is 8.02. The first kappa shape index (κ1) is 15.7. The molecular weight excluding hydrogens is 336 g/mol. The molecule has 4 nitrogen and oxygen atoms in total. The first-order valence-corrected chi connectivity index (χ1v) is 8.90. The largest absolute Gasteiger partial charge is 0.485 e. The molecule has 1 aromatic heterocycles. The molecule has 0 unspecified atom stereocenters. The van der Waals surface area contributed by atoms with Crippen LogP contribution in [0.15, 0.2) is 60.0 Å². The smallest absolute Gasteiger partial charge is 0.183 e. The van der Waals surface area contributed by atoms with Crippen molar-refractivity contribution >= 4 is 17.1 Å². The number of hydrogen-bond acceptors (Lipinski definition) is 5. The Morgan fingerprint density at radius 1 is 0.960 bits per heavy atom. The molecule has 25 heavy (non-hydrogen) atoms. The van der Waals surface area contributed by atoms with E-state index in [0.717, 1.165) is 17.1 Å². The van der Waals surface area contributed by atoms with Crippen molar-refractivity contribution in [1.29, 1.82) is 0 Å². The van der Waals surface area contributed by atoms with E-state index in [-0.39, 0.29) is 5.78 Å². The highest BCUT2D eigenvalue weighted by molar-refractivity contribution is 7.12. The predicted molar refractivity (Wildman–Crippen MR) is 96.3 cm³/mol. The van der Waals surface area contributed by atoms with E-state index in [4.69, 9.17) is 14.2 Å². The number of carbonyl (C=O) groups is 1. The van der Waals surface area contributed by atoms with Crippen molar-refractivity contribution in [3.8, 4) is 23.0 Å². The van der Waals surface area contributed by atoms with Crippen LogP contribution in [-0.2, 0) is 6.42 Å². The van der Waals surface area contributed by atoms with Crippen LogP contribution in [-0.4, -0.2) is 19.0 Å². The van der Waals surface area contributed by atoms with E-state index >= 15 is 0 Å². The van der Waals surface area contributed by atoms with Gasteiger partial charge in [0.2, 0.25) is 0 Å². The van der Waals surface area contributed by atoms with Gasteiger partial charge >= 0.3 is 0 Å². The third-order valence-electron chi connectivity index (χ3n) is 3.82. The van der Waals surface area contributed by atoms with Crippen molar-refractivity contribution in [2.24, 2.45) is 0 Å². The number of para-hydroxylation sites is 1. The number of benzene rings is 2. The summed E-state index contributed by atoms with van der Waals surface area (Å²) in [5.74, 6) is 2.83. The van der Waals surface area contributed by atoms with Gasteiger partial charge in [-0.05, 0) is 29.8 Å². The third kappa shape index (κ3) is 3.51. The van der Waals surface area contributed by atoms with Gasteiger partial charge in [-0.2, -0.15) is 0 Å². The van der Waals surface area contributed by atoms with Crippen LogP contribution in [0.4, 0.5) is 0 Å². The van der Waals surface area contributed by atoms with E-state index < -0.39 is 0 Å². The number of thiophene rings is 1. The molecule has 0 atom stereocenters. The number of fused-ring (bicyclic) bond motifs is 1. The summed E-state index contributed by atoms with van der Waals surface area (Å²) < 4.78 is 16.8. The molecule has 0 N–H and O–H groups in total. The molecule has 3 aromatic rings. The van der Waals surface area contributed by atoms with Crippen LogP contribution < -0.4 is 14.2 Å². The lowest BCUT2D eigenvalue weighted by Gasteiger charge is -2.15. The molecule has 2 heterocycles. The number of ether oxygens (including phenoxy) is 3. The van der Waals surface area contributed by atoms with E-state index in [1.54, 1.807) is 0 Å². The summed E-state index contributed by atoms with van der Waals surface area (Å²) in [5.41, 5.74) is 0.935. The van der Waals surface area contributed by atoms with Crippen LogP contribution in [0.3, 0.4) is 0 Å². The monoisotopic (exact) mass is 352 g/mol. The molecular formula is C20H16O4S. The highest BCUT2D eigenvalue weighted by atomic mass is 32.1. The number of hydrogen-bond donors (Lipinski definition) is 0. The molecule has 4 rings (SSSR count). The van der Waals surface area contributed by atoms with Crippen LogP contribution in [0, 0.1) is 0 Å². The second-order valence-corrected chi connectivity index (χ2v) is 6.49. The Morgan fingerprint density at radius 2 is 1.68 bits per heavy atom. The van der Waals surface area contributed by atoms with Crippen LogP contribution in [0.2, 0.25) is 0 Å². The van der Waals surface area contributed by atoms with E-state index in [9.17, 15) is 4.79 Å². The van der Waals surface area contributed by atoms with Crippen molar-refractivity contribution < 1.29 is 19.0 Å². The molecule has 0 amide bonds. The number of ketones is 1. The minimum atomic E-state index is 0.0356. The van der Waals surface area contributed by atoms with Crippen LogP contribution >= 0.6 is 11.3 Å². The van der Waals surface area contributed by atoms with Crippen LogP contribution in [0.1, 0.15) is 15.2 Å². The zero-order valence-corrected chi connectivity index (χ0v) is 14.3. The fourth-order valence-electron chi connectivity index (χ4n) is 2.62. The van der Waals surface area contributed by atoms with Gasteiger partial charge in [0.25, 0.3) is 0 Å². The van der Waals surface area contributed by atoms with E-state index in [1.165, 1.54) is 11.3 Å². The summed E-state index contributed by atoms with van der Waals surface area (Å²) in [5, 5.41) is 1.83. The van der Waals surface area contributed by atoms with Gasteiger partial charge in [-0.25, -0.2) is 0 Å². The molecule has 0 fully saturated rings. The zero-order valence-electron chi connectivity index (χ0n) is 13.4. The van der Waals surface area contributed by atoms with Gasteiger partial charge in [-0.1, -0.05) is 30.3 Å². The normalized spacial score (nSPS) is 12.6. The van der Waals surface area contributed by atoms with Gasteiger partial charge in [-0.3, -0.25) is 4.79 Å². The van der Waals surface area contributed by atoms with Crippen molar-refractivity contribution in [2.45, 2.75) is 6.42 Å². The Morgan fingerprint density at radius 3 is 2.48 bits per heavy atom. The summed E-state index contributed by atoms with van der Waals surface area (Å²) in [4.78, 5) is 13.2. The summed E-state index contributed by atoms with van der Waals surface area (Å²) in [6.07, 6.45) is 0.321. The van der Waals surface area contributed by atoms with Gasteiger partial charge in [0, 0.05) is 11.8 Å². The van der Waals surface area contributed by atoms with Gasteiger partial charge in [0.1, 0.15) is 29.6 Å². The molecule has 0 saturated carbocycles. The molecule has 1 aliphatic heterocycles. The predicted octanol–water partition coefficient (Wildman–Crippen LogP) is 4.74. The molecule has 2 aromatic carbocycles. The topological polar surface area (TPSA) is 44.8 Å². The second kappa shape index (κ2) is 6.99. The molecule has 0 spiro atoms. The molecule has 5 heteroatoms. The van der Waals surface area contributed by atoms with E-state index in [0.29, 0.717) is 36.0 Å². The lowest BCUT2D eigenvalue weighted by atomic mass is 10.1. The van der Waals surface area contributed by atoms with Crippen molar-refractivity contribution in [3.63, 3.8) is 0 Å². The van der Waals surface area contributed by atoms with Gasteiger partial charge < -0.3 is 14.2 Å². The first-order chi connectivity index (χ1) is 12.3. The Balaban J connectivity index is 1.44. The maximum Gasteiger partial charge on any atom is 0.183 e. The number of carbonyl (C=O) groups excluding carboxylic acids is 1. The standard InChI is InChI=1S/C20H16O4S/c21-17(20-19-18(13-25-20)22-10-11-23-19)12-14-6-8-16(9-7-14)24-15-4-2-1-3-5-15/h1-9,13H,10-12H2. The summed E-state index contributed by atoms with van der Waals surface area (Å²) in [6, 6.07) is 17.2. The average Bonchev–Trinajstić information content (AvgIpc) is 3.08. The quantitative estimate of drug-likeness (QED) is 0.622. The highest BCUT2D eigenvalue weighted by Crippen LogP contribution is 2.39. The molecule has 1 aliphatic rings. The second-order valence-electron chi connectivity index (χ2n) is 5.61. The Bertz CT molecular complexity index is 868. The van der Waals surface area contributed by atoms with Crippen molar-refractivity contribution in [1.82, 2.24) is 0 Å². The third-order valence-corrected chi connectivity index (χ3v) is 4.80. The highest BCUT2D eigenvalue weighted by Gasteiger charge is 2.23. The summed E-state index contributed by atoms with van der Waals surface area (Å²) >= 11 is 1.37. The SMILES string of the molecule is O=C(Cc1ccc(Oc2ccccc2)cc1)c1scc2c1OCCO2. The minimum Gasteiger partial charge on any atom is -0.485 e. The van der Waals surface area contributed by atoms with Crippen molar-refractivity contribution in [2.75, 3.05) is 13.2 Å². The van der Waals surface area contributed by atoms with Crippen LogP contribution in [0.5, 0.6) is 23.0 Å². The zero-order chi connectivity index (χ0) is 17.1. The molecule has 126 valence electrons. The summed E-state index contributed by atoms with van der Waals surface area (Å²) in [7, 11) is 0. The minimum absolute atomic E-state index is 0.0356. The lowest BCUT2D eigenvalue weighted by molar-refractivity contribution is 0.0987. The van der Waals surface area contributed by atoms with E-state index in [2.05, 4.69) is 0 Å². The number of rotatable bonds is 5. The molecule has 0 bridgehead atoms. The maximum absolute atomic E-state index is 12.6. The maximum atomic E-state index is 12.6. The van der Waals surface area contributed by atoms with Gasteiger partial charge in [0.15, 0.2) is 17.3 Å². The molecule has 0 aliphatic carbocycles. The fraction of sp³-hybridized carbons (Fsp3) is 0.150. The molecule has 0 radical (unpaired) electrons. The lowest BCUT2D eigenvalue weighted by Crippen LogP contribution is -2.16. The van der Waals surface area contributed by atoms with Crippen molar-refractivity contribution in [3.05, 3.63) is 70.4 Å². The Hall–Kier alpha value is -2.79. The van der Waals surface area contributed by atoms with E-state index in [1.807, 2.05) is 60.0 Å². The average molecular weight is 352 g/mol. The Kier molecular flexibility index (Phi) is 4.39. The van der Waals surface area contributed by atoms with Gasteiger partial charge in [-0.15, -0.1) is 11.3 Å². The molecule has 0 saturated heterocycles. The van der Waals surface area contributed by atoms with Crippen LogP contribution in [0.25, 0.3) is 0 Å².